The first-order valence-corrected chi connectivity index (χ1v) is 9.63. The topological polar surface area (TPSA) is 105 Å². The first-order chi connectivity index (χ1) is 14.5. The summed E-state index contributed by atoms with van der Waals surface area (Å²) in [7, 11) is 0. The molecule has 2 aromatic carbocycles. The third-order valence-electron chi connectivity index (χ3n) is 4.37. The van der Waals surface area contributed by atoms with Crippen molar-refractivity contribution in [3.05, 3.63) is 65.9 Å². The van der Waals surface area contributed by atoms with E-state index in [4.69, 9.17) is 14.8 Å². The standard InChI is InChI=1S/C22H25N3O5/c1-15(2)23-12-18(26)14-29-20-10-6-9-19-21(20)17(11-24-28)13-25(19)30-22(27)16-7-4-3-5-8-16/h3-11,13,15,18,23,26,28H,12,14H2,1-2H3/b24-11+. The minimum Gasteiger partial charge on any atom is -0.490 e. The number of rotatable bonds is 9. The van der Waals surface area contributed by atoms with Crippen LogP contribution in [0, 0.1) is 0 Å². The Balaban J connectivity index is 1.86. The van der Waals surface area contributed by atoms with Gasteiger partial charge in [-0.05, 0) is 24.3 Å². The molecule has 3 N–H and O–H groups in total. The lowest BCUT2D eigenvalue weighted by Crippen LogP contribution is -2.35. The van der Waals surface area contributed by atoms with Gasteiger partial charge in [-0.2, -0.15) is 4.73 Å². The molecule has 0 aliphatic rings. The average molecular weight is 411 g/mol. The minimum atomic E-state index is -0.699. The molecule has 158 valence electrons. The molecule has 0 spiro atoms. The number of nitrogens with one attached hydrogen (secondary N) is 1. The molecular weight excluding hydrogens is 386 g/mol. The maximum absolute atomic E-state index is 12.5. The molecule has 8 nitrogen and oxygen atoms in total. The van der Waals surface area contributed by atoms with E-state index in [0.29, 0.717) is 34.3 Å². The summed E-state index contributed by atoms with van der Waals surface area (Å²) >= 11 is 0. The molecule has 0 fully saturated rings. The predicted molar refractivity (Wildman–Crippen MR) is 113 cm³/mol. The Bertz CT molecular complexity index is 1010. The SMILES string of the molecule is CC(C)NCC(O)COc1cccc2c1c(/C=N/O)cn2OC(=O)c1ccccc1. The molecule has 30 heavy (non-hydrogen) atoms. The van der Waals surface area contributed by atoms with Gasteiger partial charge in [-0.3, -0.25) is 0 Å². The van der Waals surface area contributed by atoms with Crippen molar-refractivity contribution in [2.75, 3.05) is 13.2 Å². The summed E-state index contributed by atoms with van der Waals surface area (Å²) in [4.78, 5) is 18.0. The van der Waals surface area contributed by atoms with Gasteiger partial charge in [0.2, 0.25) is 0 Å². The van der Waals surface area contributed by atoms with Crippen molar-refractivity contribution < 1.29 is 24.7 Å². The Kier molecular flexibility index (Phi) is 7.05. The van der Waals surface area contributed by atoms with Gasteiger partial charge in [0.05, 0.1) is 28.9 Å². The Hall–Kier alpha value is -3.36. The normalized spacial score (nSPS) is 12.5. The number of fused-ring (bicyclic) bond motifs is 1. The Morgan fingerprint density at radius 3 is 2.67 bits per heavy atom. The van der Waals surface area contributed by atoms with Gasteiger partial charge < -0.3 is 25.2 Å². The molecule has 8 heteroatoms. The molecule has 0 radical (unpaired) electrons. The lowest BCUT2D eigenvalue weighted by atomic mass is 10.1. The molecule has 1 atom stereocenters. The highest BCUT2D eigenvalue weighted by Gasteiger charge is 2.17. The van der Waals surface area contributed by atoms with Gasteiger partial charge in [0.15, 0.2) is 0 Å². The van der Waals surface area contributed by atoms with Crippen LogP contribution in [0.25, 0.3) is 10.9 Å². The van der Waals surface area contributed by atoms with Crippen LogP contribution in [0.1, 0.15) is 29.8 Å². The highest BCUT2D eigenvalue weighted by molar-refractivity contribution is 6.03. The van der Waals surface area contributed by atoms with Gasteiger partial charge >= 0.3 is 5.97 Å². The van der Waals surface area contributed by atoms with E-state index >= 15 is 0 Å². The first kappa shape index (κ1) is 21.4. The number of hydrogen-bond donors (Lipinski definition) is 3. The van der Waals surface area contributed by atoms with Crippen LogP contribution in [0.4, 0.5) is 0 Å². The fourth-order valence-corrected chi connectivity index (χ4v) is 2.94. The first-order valence-electron chi connectivity index (χ1n) is 9.63. The molecule has 0 aliphatic heterocycles. The summed E-state index contributed by atoms with van der Waals surface area (Å²) in [5.74, 6) is -0.0537. The number of hydrogen-bond acceptors (Lipinski definition) is 7. The van der Waals surface area contributed by atoms with E-state index in [9.17, 15) is 9.90 Å². The van der Waals surface area contributed by atoms with Gasteiger partial charge in [0.1, 0.15) is 18.5 Å². The Labute approximate surface area is 174 Å². The number of aromatic nitrogens is 1. The van der Waals surface area contributed by atoms with E-state index < -0.39 is 12.1 Å². The van der Waals surface area contributed by atoms with Crippen LogP contribution < -0.4 is 14.9 Å². The maximum atomic E-state index is 12.5. The third-order valence-corrected chi connectivity index (χ3v) is 4.37. The third kappa shape index (κ3) is 5.16. The molecule has 1 unspecified atom stereocenters. The van der Waals surface area contributed by atoms with Crippen molar-refractivity contribution in [3.8, 4) is 5.75 Å². The van der Waals surface area contributed by atoms with Crippen LogP contribution >= 0.6 is 0 Å². The minimum absolute atomic E-state index is 0.0729. The lowest BCUT2D eigenvalue weighted by molar-refractivity contribution is 0.0482. The molecular formula is C22H25N3O5. The highest BCUT2D eigenvalue weighted by Crippen LogP contribution is 2.30. The maximum Gasteiger partial charge on any atom is 0.363 e. The zero-order chi connectivity index (χ0) is 21.5. The van der Waals surface area contributed by atoms with E-state index in [-0.39, 0.29) is 12.6 Å². The molecule has 0 saturated carbocycles. The van der Waals surface area contributed by atoms with Gasteiger partial charge in [0.25, 0.3) is 0 Å². The van der Waals surface area contributed by atoms with Crippen LogP contribution in [0.3, 0.4) is 0 Å². The van der Waals surface area contributed by atoms with Crippen LogP contribution in [0.2, 0.25) is 0 Å². The zero-order valence-corrected chi connectivity index (χ0v) is 16.9. The summed E-state index contributed by atoms with van der Waals surface area (Å²) in [6.45, 7) is 4.46. The number of carbonyl (C=O) groups is 1. The van der Waals surface area contributed by atoms with E-state index in [0.717, 1.165) is 0 Å². The number of benzene rings is 2. The fourth-order valence-electron chi connectivity index (χ4n) is 2.94. The van der Waals surface area contributed by atoms with Crippen LogP contribution in [-0.4, -0.2) is 52.5 Å². The van der Waals surface area contributed by atoms with Gasteiger partial charge in [-0.1, -0.05) is 43.3 Å². The Morgan fingerprint density at radius 1 is 1.20 bits per heavy atom. The van der Waals surface area contributed by atoms with Crippen LogP contribution in [0.5, 0.6) is 5.75 Å². The molecule has 1 heterocycles. The van der Waals surface area contributed by atoms with E-state index in [2.05, 4.69) is 10.5 Å². The van der Waals surface area contributed by atoms with Crippen molar-refractivity contribution in [2.24, 2.45) is 5.16 Å². The van der Waals surface area contributed by atoms with Crippen molar-refractivity contribution in [1.82, 2.24) is 10.0 Å². The van der Waals surface area contributed by atoms with Crippen molar-refractivity contribution in [2.45, 2.75) is 26.0 Å². The molecule has 1 aromatic heterocycles. The second-order valence-corrected chi connectivity index (χ2v) is 7.08. The van der Waals surface area contributed by atoms with Crippen LogP contribution in [-0.2, 0) is 0 Å². The number of nitrogens with zero attached hydrogens (tertiary/aromatic N) is 2. The number of aliphatic hydroxyl groups excluding tert-OH is 1. The van der Waals surface area contributed by atoms with Crippen LogP contribution in [0.15, 0.2) is 59.9 Å². The van der Waals surface area contributed by atoms with Gasteiger partial charge in [0, 0.05) is 18.2 Å². The fraction of sp³-hybridized carbons (Fsp3) is 0.273. The summed E-state index contributed by atoms with van der Waals surface area (Å²) < 4.78 is 7.13. The molecule has 0 aliphatic carbocycles. The monoisotopic (exact) mass is 411 g/mol. The van der Waals surface area contributed by atoms with E-state index in [1.165, 1.54) is 17.1 Å². The zero-order valence-electron chi connectivity index (χ0n) is 16.9. The van der Waals surface area contributed by atoms with Gasteiger partial charge in [-0.25, -0.2) is 4.79 Å². The quantitative estimate of drug-likeness (QED) is 0.284. The van der Waals surface area contributed by atoms with Gasteiger partial charge in [-0.15, -0.1) is 0 Å². The summed E-state index contributed by atoms with van der Waals surface area (Å²) in [5, 5.41) is 26.0. The number of oxime groups is 1. The summed E-state index contributed by atoms with van der Waals surface area (Å²) in [5.41, 5.74) is 1.46. The van der Waals surface area contributed by atoms with E-state index in [1.807, 2.05) is 19.9 Å². The molecule has 0 saturated heterocycles. The predicted octanol–water partition coefficient (Wildman–Crippen LogP) is 2.46. The number of aliphatic hydroxyl groups is 1. The van der Waals surface area contributed by atoms with Crippen molar-refractivity contribution in [3.63, 3.8) is 0 Å². The van der Waals surface area contributed by atoms with Crippen molar-refractivity contribution >= 4 is 23.1 Å². The average Bonchev–Trinajstić information content (AvgIpc) is 3.09. The second kappa shape index (κ2) is 9.91. The number of ether oxygens (including phenoxy) is 1. The number of carbonyl (C=O) groups excluding carboxylic acids is 1. The van der Waals surface area contributed by atoms with Crippen molar-refractivity contribution in [1.29, 1.82) is 0 Å². The highest BCUT2D eigenvalue weighted by atomic mass is 16.7. The van der Waals surface area contributed by atoms with E-state index in [1.54, 1.807) is 42.5 Å². The molecule has 3 aromatic rings. The second-order valence-electron chi connectivity index (χ2n) is 7.08. The summed E-state index contributed by atoms with van der Waals surface area (Å²) in [6, 6.07) is 14.1. The molecule has 3 rings (SSSR count). The largest absolute Gasteiger partial charge is 0.490 e. The molecule has 0 amide bonds. The lowest BCUT2D eigenvalue weighted by Gasteiger charge is -2.15. The Morgan fingerprint density at radius 2 is 1.97 bits per heavy atom. The molecule has 0 bridgehead atoms. The smallest absolute Gasteiger partial charge is 0.363 e. The summed E-state index contributed by atoms with van der Waals surface area (Å²) in [6.07, 6.45) is 2.07.